The summed E-state index contributed by atoms with van der Waals surface area (Å²) in [6.07, 6.45) is 0. The maximum Gasteiger partial charge on any atom is 0.310 e. The molecule has 1 N–H and O–H groups in total. The topological polar surface area (TPSA) is 81.5 Å². The normalized spacial score (nSPS) is 11.0. The molecular formula is C18H19BrN2O4. The lowest BCUT2D eigenvalue weighted by atomic mass is 9.87. The van der Waals surface area contributed by atoms with E-state index in [0.29, 0.717) is 5.69 Å². The van der Waals surface area contributed by atoms with Gasteiger partial charge >= 0.3 is 5.69 Å². The van der Waals surface area contributed by atoms with Crippen molar-refractivity contribution in [2.45, 2.75) is 26.2 Å². The van der Waals surface area contributed by atoms with Crippen LogP contribution in [0.2, 0.25) is 0 Å². The van der Waals surface area contributed by atoms with Crippen molar-refractivity contribution in [3.8, 4) is 5.75 Å². The van der Waals surface area contributed by atoms with Gasteiger partial charge in [0.15, 0.2) is 12.4 Å². The molecule has 0 aliphatic carbocycles. The van der Waals surface area contributed by atoms with Crippen molar-refractivity contribution in [1.29, 1.82) is 0 Å². The van der Waals surface area contributed by atoms with Crippen LogP contribution in [0.3, 0.4) is 0 Å². The number of para-hydroxylation sites is 2. The van der Waals surface area contributed by atoms with Crippen LogP contribution in [0.4, 0.5) is 11.4 Å². The number of halogens is 1. The first-order valence-electron chi connectivity index (χ1n) is 7.64. The van der Waals surface area contributed by atoms with Gasteiger partial charge in [-0.2, -0.15) is 0 Å². The summed E-state index contributed by atoms with van der Waals surface area (Å²) in [6.45, 7) is 5.99. The van der Waals surface area contributed by atoms with Gasteiger partial charge in [-0.3, -0.25) is 14.9 Å². The number of nitrogens with zero attached hydrogens (tertiary/aromatic N) is 1. The molecule has 2 rings (SSSR count). The number of nitro benzene ring substituents is 1. The second-order valence-corrected chi connectivity index (χ2v) is 7.36. The first-order valence-corrected chi connectivity index (χ1v) is 8.44. The van der Waals surface area contributed by atoms with Crippen LogP contribution in [-0.2, 0) is 10.2 Å². The lowest BCUT2D eigenvalue weighted by Gasteiger charge is -2.20. The van der Waals surface area contributed by atoms with Gasteiger partial charge in [0.1, 0.15) is 0 Å². The van der Waals surface area contributed by atoms with E-state index >= 15 is 0 Å². The number of ether oxygens (including phenoxy) is 1. The Kier molecular flexibility index (Phi) is 5.79. The number of rotatable bonds is 5. The number of hydrogen-bond acceptors (Lipinski definition) is 4. The molecule has 1 amide bonds. The fraction of sp³-hybridized carbons (Fsp3) is 0.278. The summed E-state index contributed by atoms with van der Waals surface area (Å²) in [6, 6.07) is 11.7. The molecule has 0 saturated heterocycles. The van der Waals surface area contributed by atoms with Gasteiger partial charge in [0, 0.05) is 10.5 Å². The zero-order valence-electron chi connectivity index (χ0n) is 14.2. The van der Waals surface area contributed by atoms with Gasteiger partial charge in [-0.05, 0) is 45.1 Å². The van der Waals surface area contributed by atoms with Crippen molar-refractivity contribution in [3.05, 3.63) is 62.6 Å². The molecule has 0 aromatic heterocycles. The molecule has 25 heavy (non-hydrogen) atoms. The summed E-state index contributed by atoms with van der Waals surface area (Å²) in [5, 5.41) is 13.7. The monoisotopic (exact) mass is 406 g/mol. The Hall–Kier alpha value is -2.41. The van der Waals surface area contributed by atoms with E-state index in [2.05, 4.69) is 42.0 Å². The van der Waals surface area contributed by atoms with Gasteiger partial charge in [-0.25, -0.2) is 0 Å². The average molecular weight is 407 g/mol. The number of anilines is 1. The molecule has 2 aromatic carbocycles. The molecule has 0 unspecified atom stereocenters. The SMILES string of the molecule is CC(C)(C)c1ccc(NC(=O)COc2ccccc2[N+](=O)[O-])c(Br)c1. The van der Waals surface area contributed by atoms with Gasteiger partial charge in [0.2, 0.25) is 0 Å². The Bertz CT molecular complexity index is 800. The molecule has 0 fully saturated rings. The van der Waals surface area contributed by atoms with Crippen molar-refractivity contribution in [1.82, 2.24) is 0 Å². The molecule has 0 radical (unpaired) electrons. The fourth-order valence-electron chi connectivity index (χ4n) is 2.14. The van der Waals surface area contributed by atoms with Gasteiger partial charge in [0.25, 0.3) is 5.91 Å². The molecular weight excluding hydrogens is 388 g/mol. The maximum atomic E-state index is 12.1. The van der Waals surface area contributed by atoms with E-state index < -0.39 is 10.8 Å². The molecule has 0 bridgehead atoms. The molecule has 0 heterocycles. The summed E-state index contributed by atoms with van der Waals surface area (Å²) >= 11 is 3.45. The second kappa shape index (κ2) is 7.65. The standard InChI is InChI=1S/C18H19BrN2O4/c1-18(2,3)12-8-9-14(13(19)10-12)20-17(22)11-25-16-7-5-4-6-15(16)21(23)24/h4-10H,11H2,1-3H3,(H,20,22). The molecule has 6 nitrogen and oxygen atoms in total. The Morgan fingerprint density at radius 3 is 2.52 bits per heavy atom. The summed E-state index contributed by atoms with van der Waals surface area (Å²) in [5.74, 6) is -0.341. The van der Waals surface area contributed by atoms with E-state index in [9.17, 15) is 14.9 Å². The van der Waals surface area contributed by atoms with Crippen LogP contribution in [0.25, 0.3) is 0 Å². The van der Waals surface area contributed by atoms with Crippen LogP contribution in [0.1, 0.15) is 26.3 Å². The van der Waals surface area contributed by atoms with E-state index in [0.717, 1.165) is 10.0 Å². The van der Waals surface area contributed by atoms with E-state index in [1.165, 1.54) is 12.1 Å². The largest absolute Gasteiger partial charge is 0.477 e. The number of amides is 1. The molecule has 7 heteroatoms. The van der Waals surface area contributed by atoms with Crippen LogP contribution < -0.4 is 10.1 Å². The Labute approximate surface area is 154 Å². The minimum atomic E-state index is -0.547. The minimum Gasteiger partial charge on any atom is -0.477 e. The van der Waals surface area contributed by atoms with E-state index in [-0.39, 0.29) is 23.5 Å². The number of hydrogen-bond donors (Lipinski definition) is 1. The summed E-state index contributed by atoms with van der Waals surface area (Å²) in [4.78, 5) is 22.5. The maximum absolute atomic E-state index is 12.1. The second-order valence-electron chi connectivity index (χ2n) is 6.51. The first kappa shape index (κ1) is 18.9. The third-order valence-corrected chi connectivity index (χ3v) is 4.19. The molecule has 0 saturated carbocycles. The van der Waals surface area contributed by atoms with E-state index in [1.54, 1.807) is 12.1 Å². The van der Waals surface area contributed by atoms with Crippen LogP contribution in [0.15, 0.2) is 46.9 Å². The Morgan fingerprint density at radius 1 is 1.24 bits per heavy atom. The number of nitro groups is 1. The number of carbonyl (C=O) groups is 1. The molecule has 0 aliphatic heterocycles. The third kappa shape index (κ3) is 5.03. The Balaban J connectivity index is 2.03. The zero-order valence-corrected chi connectivity index (χ0v) is 15.8. The van der Waals surface area contributed by atoms with Gasteiger partial charge in [-0.15, -0.1) is 0 Å². The lowest BCUT2D eigenvalue weighted by Crippen LogP contribution is -2.21. The Morgan fingerprint density at radius 2 is 1.92 bits per heavy atom. The highest BCUT2D eigenvalue weighted by atomic mass is 79.9. The van der Waals surface area contributed by atoms with Crippen molar-refractivity contribution in [2.24, 2.45) is 0 Å². The fourth-order valence-corrected chi connectivity index (χ4v) is 2.62. The highest BCUT2D eigenvalue weighted by molar-refractivity contribution is 9.10. The van der Waals surface area contributed by atoms with Crippen LogP contribution in [-0.4, -0.2) is 17.4 Å². The number of carbonyl (C=O) groups excluding carboxylic acids is 1. The van der Waals surface area contributed by atoms with Gasteiger partial charge < -0.3 is 10.1 Å². The van der Waals surface area contributed by atoms with Crippen LogP contribution >= 0.6 is 15.9 Å². The molecule has 132 valence electrons. The highest BCUT2D eigenvalue weighted by Crippen LogP contribution is 2.30. The van der Waals surface area contributed by atoms with Crippen molar-refractivity contribution in [2.75, 3.05) is 11.9 Å². The average Bonchev–Trinajstić information content (AvgIpc) is 2.54. The van der Waals surface area contributed by atoms with Crippen LogP contribution in [0, 0.1) is 10.1 Å². The summed E-state index contributed by atoms with van der Waals surface area (Å²) in [7, 11) is 0. The quantitative estimate of drug-likeness (QED) is 0.577. The molecule has 0 atom stereocenters. The van der Waals surface area contributed by atoms with Crippen molar-refractivity contribution < 1.29 is 14.5 Å². The predicted octanol–water partition coefficient (Wildman–Crippen LogP) is 4.67. The first-order chi connectivity index (χ1) is 11.7. The zero-order chi connectivity index (χ0) is 18.6. The van der Waals surface area contributed by atoms with Crippen LogP contribution in [0.5, 0.6) is 5.75 Å². The smallest absolute Gasteiger partial charge is 0.310 e. The third-order valence-electron chi connectivity index (χ3n) is 3.53. The van der Waals surface area contributed by atoms with Gasteiger partial charge in [0.05, 0.1) is 10.6 Å². The van der Waals surface area contributed by atoms with Crippen molar-refractivity contribution >= 4 is 33.2 Å². The van der Waals surface area contributed by atoms with Gasteiger partial charge in [-0.1, -0.05) is 39.0 Å². The minimum absolute atomic E-state index is 0.000411. The summed E-state index contributed by atoms with van der Waals surface area (Å²) in [5.41, 5.74) is 1.57. The van der Waals surface area contributed by atoms with E-state index in [4.69, 9.17) is 4.74 Å². The molecule has 0 spiro atoms. The summed E-state index contributed by atoms with van der Waals surface area (Å²) < 4.78 is 6.04. The predicted molar refractivity (Wildman–Crippen MR) is 100 cm³/mol. The lowest BCUT2D eigenvalue weighted by molar-refractivity contribution is -0.385. The molecule has 2 aromatic rings. The molecule has 0 aliphatic rings. The highest BCUT2D eigenvalue weighted by Gasteiger charge is 2.17. The number of nitrogens with one attached hydrogen (secondary N) is 1. The van der Waals surface area contributed by atoms with Crippen molar-refractivity contribution in [3.63, 3.8) is 0 Å². The number of benzene rings is 2. The van der Waals surface area contributed by atoms with E-state index in [1.807, 2.05) is 18.2 Å².